The number of hydrogen-bond acceptors (Lipinski definition) is 5. The lowest BCUT2D eigenvalue weighted by atomic mass is 10.3. The van der Waals surface area contributed by atoms with E-state index >= 15 is 0 Å². The Hall–Kier alpha value is -2.09. The van der Waals surface area contributed by atoms with Crippen LogP contribution in [0.3, 0.4) is 0 Å². The van der Waals surface area contributed by atoms with E-state index in [0.717, 1.165) is 4.90 Å². The van der Waals surface area contributed by atoms with Gasteiger partial charge in [-0.25, -0.2) is 13.9 Å². The molecule has 2 N–H and O–H groups in total. The second-order valence-corrected chi connectivity index (χ2v) is 5.24. The SMILES string of the molecule is Cc1ncc([N+](=O)[O-])n1CCSc1ccc(F)cc1N. The van der Waals surface area contributed by atoms with Crippen molar-refractivity contribution < 1.29 is 9.31 Å². The van der Waals surface area contributed by atoms with E-state index in [1.165, 1.54) is 34.7 Å². The van der Waals surface area contributed by atoms with E-state index in [0.29, 0.717) is 23.8 Å². The largest absolute Gasteiger partial charge is 0.398 e. The highest BCUT2D eigenvalue weighted by molar-refractivity contribution is 7.99. The predicted octanol–water partition coefficient (Wildman–Crippen LogP) is 2.61. The number of halogens is 1. The van der Waals surface area contributed by atoms with Crippen molar-refractivity contribution in [1.29, 1.82) is 0 Å². The van der Waals surface area contributed by atoms with Gasteiger partial charge in [0.25, 0.3) is 0 Å². The van der Waals surface area contributed by atoms with Gasteiger partial charge in [-0.3, -0.25) is 0 Å². The first-order chi connectivity index (χ1) is 9.49. The summed E-state index contributed by atoms with van der Waals surface area (Å²) in [6.45, 7) is 2.15. The minimum Gasteiger partial charge on any atom is -0.398 e. The number of nitrogens with zero attached hydrogens (tertiary/aromatic N) is 3. The fraction of sp³-hybridized carbons (Fsp3) is 0.250. The molecule has 0 aliphatic rings. The standard InChI is InChI=1S/C12H13FN4O2S/c1-8-15-7-12(17(18)19)16(8)4-5-20-11-3-2-9(13)6-10(11)14/h2-3,6-7H,4-5,14H2,1H3. The lowest BCUT2D eigenvalue weighted by Crippen LogP contribution is -2.07. The zero-order chi connectivity index (χ0) is 14.7. The van der Waals surface area contributed by atoms with Crippen molar-refractivity contribution in [3.8, 4) is 0 Å². The molecule has 0 fully saturated rings. The van der Waals surface area contributed by atoms with E-state index in [-0.39, 0.29) is 11.6 Å². The van der Waals surface area contributed by atoms with Gasteiger partial charge >= 0.3 is 5.82 Å². The van der Waals surface area contributed by atoms with Crippen LogP contribution < -0.4 is 5.73 Å². The van der Waals surface area contributed by atoms with E-state index in [1.807, 2.05) is 0 Å². The lowest BCUT2D eigenvalue weighted by Gasteiger charge is -2.06. The topological polar surface area (TPSA) is 87.0 Å². The molecule has 0 radical (unpaired) electrons. The van der Waals surface area contributed by atoms with Crippen LogP contribution in [0.2, 0.25) is 0 Å². The average molecular weight is 296 g/mol. The van der Waals surface area contributed by atoms with Gasteiger partial charge in [0.2, 0.25) is 0 Å². The molecule has 0 saturated carbocycles. The molecule has 0 aliphatic heterocycles. The van der Waals surface area contributed by atoms with Gasteiger partial charge in [0, 0.05) is 23.3 Å². The number of rotatable bonds is 5. The summed E-state index contributed by atoms with van der Waals surface area (Å²) in [6.07, 6.45) is 1.24. The summed E-state index contributed by atoms with van der Waals surface area (Å²) in [7, 11) is 0. The summed E-state index contributed by atoms with van der Waals surface area (Å²) in [5.74, 6) is 0.751. The molecule has 1 aromatic heterocycles. The predicted molar refractivity (Wildman–Crippen MR) is 75.2 cm³/mol. The van der Waals surface area contributed by atoms with E-state index in [2.05, 4.69) is 4.98 Å². The fourth-order valence-electron chi connectivity index (χ4n) is 1.78. The molecule has 20 heavy (non-hydrogen) atoms. The summed E-state index contributed by atoms with van der Waals surface area (Å²) < 4.78 is 14.4. The van der Waals surface area contributed by atoms with E-state index in [1.54, 1.807) is 13.0 Å². The van der Waals surface area contributed by atoms with Crippen molar-refractivity contribution in [1.82, 2.24) is 9.55 Å². The lowest BCUT2D eigenvalue weighted by molar-refractivity contribution is -0.392. The van der Waals surface area contributed by atoms with Gasteiger partial charge in [-0.15, -0.1) is 11.8 Å². The van der Waals surface area contributed by atoms with Crippen molar-refractivity contribution in [3.63, 3.8) is 0 Å². The molecular formula is C12H13FN4O2S. The molecule has 0 spiro atoms. The van der Waals surface area contributed by atoms with Crippen LogP contribution in [0, 0.1) is 22.9 Å². The van der Waals surface area contributed by atoms with Gasteiger partial charge in [0.15, 0.2) is 5.82 Å². The minimum atomic E-state index is -0.461. The van der Waals surface area contributed by atoms with E-state index in [4.69, 9.17) is 5.73 Å². The van der Waals surface area contributed by atoms with Crippen molar-refractivity contribution in [2.45, 2.75) is 18.4 Å². The van der Waals surface area contributed by atoms with Crippen LogP contribution in [-0.2, 0) is 6.54 Å². The number of aryl methyl sites for hydroxylation is 1. The Morgan fingerprint density at radius 1 is 1.55 bits per heavy atom. The molecule has 1 heterocycles. The molecule has 0 unspecified atom stereocenters. The molecular weight excluding hydrogens is 283 g/mol. The molecule has 8 heteroatoms. The normalized spacial score (nSPS) is 10.7. The zero-order valence-electron chi connectivity index (χ0n) is 10.7. The van der Waals surface area contributed by atoms with Gasteiger partial charge in [-0.1, -0.05) is 0 Å². The highest BCUT2D eigenvalue weighted by Gasteiger charge is 2.16. The van der Waals surface area contributed by atoms with Gasteiger partial charge in [-0.2, -0.15) is 0 Å². The molecule has 2 rings (SSSR count). The van der Waals surface area contributed by atoms with Gasteiger partial charge in [-0.05, 0) is 23.1 Å². The van der Waals surface area contributed by atoms with Crippen LogP contribution in [-0.4, -0.2) is 20.2 Å². The van der Waals surface area contributed by atoms with Gasteiger partial charge in [0.1, 0.15) is 18.6 Å². The highest BCUT2D eigenvalue weighted by Crippen LogP contribution is 2.26. The number of thioether (sulfide) groups is 1. The van der Waals surface area contributed by atoms with Crippen LogP contribution in [0.1, 0.15) is 5.82 Å². The van der Waals surface area contributed by atoms with Crippen molar-refractivity contribution >= 4 is 23.3 Å². The Balaban J connectivity index is 2.03. The first-order valence-electron chi connectivity index (χ1n) is 5.83. The summed E-state index contributed by atoms with van der Waals surface area (Å²) in [4.78, 5) is 15.1. The molecule has 1 aromatic carbocycles. The number of nitrogen functional groups attached to an aromatic ring is 1. The van der Waals surface area contributed by atoms with Gasteiger partial charge < -0.3 is 15.8 Å². The van der Waals surface area contributed by atoms with Crippen LogP contribution in [0.5, 0.6) is 0 Å². The molecule has 0 aliphatic carbocycles. The second kappa shape index (κ2) is 5.91. The third-order valence-corrected chi connectivity index (χ3v) is 3.83. The van der Waals surface area contributed by atoms with Crippen molar-refractivity contribution in [3.05, 3.63) is 46.2 Å². The molecule has 0 atom stereocenters. The number of hydrogen-bond donors (Lipinski definition) is 1. The van der Waals surface area contributed by atoms with Crippen LogP contribution in [0.15, 0.2) is 29.3 Å². The summed E-state index contributed by atoms with van der Waals surface area (Å²) in [6, 6.07) is 4.20. The maximum Gasteiger partial charge on any atom is 0.342 e. The molecule has 0 amide bonds. The number of nitro groups is 1. The van der Waals surface area contributed by atoms with Crippen molar-refractivity contribution in [2.75, 3.05) is 11.5 Å². The Kier molecular flexibility index (Phi) is 4.23. The Morgan fingerprint density at radius 3 is 2.95 bits per heavy atom. The molecule has 106 valence electrons. The van der Waals surface area contributed by atoms with E-state index in [9.17, 15) is 14.5 Å². The molecule has 6 nitrogen and oxygen atoms in total. The monoisotopic (exact) mass is 296 g/mol. The number of nitrogens with two attached hydrogens (primary N) is 1. The maximum absolute atomic E-state index is 12.9. The van der Waals surface area contributed by atoms with Crippen LogP contribution in [0.25, 0.3) is 0 Å². The Bertz CT molecular complexity index is 644. The highest BCUT2D eigenvalue weighted by atomic mass is 32.2. The van der Waals surface area contributed by atoms with Crippen molar-refractivity contribution in [2.24, 2.45) is 0 Å². The average Bonchev–Trinajstić information content (AvgIpc) is 2.74. The number of aromatic nitrogens is 2. The molecule has 2 aromatic rings. The number of imidazole rings is 1. The quantitative estimate of drug-likeness (QED) is 0.396. The summed E-state index contributed by atoms with van der Waals surface area (Å²) in [5.41, 5.74) is 6.07. The Morgan fingerprint density at radius 2 is 2.30 bits per heavy atom. The maximum atomic E-state index is 12.9. The fourth-order valence-corrected chi connectivity index (χ4v) is 2.66. The summed E-state index contributed by atoms with van der Waals surface area (Å²) >= 11 is 1.42. The second-order valence-electron chi connectivity index (χ2n) is 4.10. The minimum absolute atomic E-state index is 0.0322. The van der Waals surface area contributed by atoms with Crippen LogP contribution >= 0.6 is 11.8 Å². The van der Waals surface area contributed by atoms with E-state index < -0.39 is 4.92 Å². The molecule has 0 saturated heterocycles. The first-order valence-corrected chi connectivity index (χ1v) is 6.82. The third-order valence-electron chi connectivity index (χ3n) is 2.77. The third kappa shape index (κ3) is 3.08. The van der Waals surface area contributed by atoms with Gasteiger partial charge in [0.05, 0.1) is 0 Å². The van der Waals surface area contributed by atoms with Crippen LogP contribution in [0.4, 0.5) is 15.9 Å². The number of anilines is 1. The number of benzene rings is 1. The summed E-state index contributed by atoms with van der Waals surface area (Å²) in [5, 5.41) is 10.8. The Labute approximate surface area is 119 Å². The smallest absolute Gasteiger partial charge is 0.342 e. The first kappa shape index (κ1) is 14.3. The molecule has 0 bridgehead atoms. The zero-order valence-corrected chi connectivity index (χ0v) is 11.6.